The Morgan fingerprint density at radius 2 is 1.15 bits per heavy atom. The molecule has 0 bridgehead atoms. The van der Waals surface area contributed by atoms with Crippen LogP contribution >= 0.6 is 0 Å². The molecule has 0 unspecified atom stereocenters. The van der Waals surface area contributed by atoms with E-state index in [1.165, 1.54) is 55.4 Å². The maximum Gasteiger partial charge on any atom is 0.252 e. The fourth-order valence-corrected chi connectivity index (χ4v) is 7.45. The zero-order valence-electron chi connectivity index (χ0n) is 21.5. The first-order valence-corrected chi connectivity index (χ1v) is 13.8. The Bertz CT molecular complexity index is 2350. The van der Waals surface area contributed by atoms with E-state index < -0.39 is 0 Å². The fourth-order valence-electron chi connectivity index (χ4n) is 7.45. The van der Waals surface area contributed by atoms with Gasteiger partial charge in [0.1, 0.15) is 5.58 Å². The van der Waals surface area contributed by atoms with Crippen LogP contribution in [0.4, 0.5) is 17.1 Å². The first-order valence-electron chi connectivity index (χ1n) is 13.8. The highest BCUT2D eigenvalue weighted by Gasteiger charge is 2.41. The number of rotatable bonds is 1. The number of anilines is 3. The van der Waals surface area contributed by atoms with Crippen molar-refractivity contribution in [1.29, 1.82) is 0 Å². The van der Waals surface area contributed by atoms with Crippen molar-refractivity contribution in [2.75, 3.05) is 4.90 Å². The summed E-state index contributed by atoms with van der Waals surface area (Å²) >= 11 is 0. The average molecular weight is 508 g/mol. The predicted octanol–water partition coefficient (Wildman–Crippen LogP) is 7.30. The van der Waals surface area contributed by atoms with Crippen molar-refractivity contribution in [3.05, 3.63) is 127 Å². The summed E-state index contributed by atoms with van der Waals surface area (Å²) in [5.74, 6) is 0. The van der Waals surface area contributed by atoms with Gasteiger partial charge in [-0.15, -0.1) is 0 Å². The number of nitrogens with zero attached hydrogens (tertiary/aromatic N) is 2. The number of aromatic nitrogens is 1. The maximum absolute atomic E-state index is 6.63. The molecule has 0 saturated heterocycles. The Morgan fingerprint density at radius 1 is 0.475 bits per heavy atom. The molecule has 184 valence electrons. The monoisotopic (exact) mass is 508 g/mol. The third-order valence-corrected chi connectivity index (χ3v) is 8.97. The van der Waals surface area contributed by atoms with Gasteiger partial charge in [0.15, 0.2) is 5.58 Å². The van der Waals surface area contributed by atoms with E-state index in [9.17, 15) is 0 Å². The van der Waals surface area contributed by atoms with E-state index in [0.29, 0.717) is 0 Å². The zero-order chi connectivity index (χ0) is 25.9. The molecule has 2 aliphatic heterocycles. The maximum atomic E-state index is 6.63. The van der Waals surface area contributed by atoms with Crippen LogP contribution in [0.5, 0.6) is 0 Å². The van der Waals surface area contributed by atoms with Crippen LogP contribution in [-0.4, -0.2) is 11.3 Å². The highest BCUT2D eigenvalue weighted by molar-refractivity contribution is 7.00. The molecule has 4 heteroatoms. The number of furan rings is 1. The van der Waals surface area contributed by atoms with Gasteiger partial charge in [-0.3, -0.25) is 0 Å². The van der Waals surface area contributed by atoms with Crippen LogP contribution in [0.2, 0.25) is 0 Å². The molecule has 0 fully saturated rings. The molecule has 0 radical (unpaired) electrons. The van der Waals surface area contributed by atoms with E-state index in [2.05, 4.69) is 131 Å². The largest absolute Gasteiger partial charge is 0.454 e. The number of hydrogen-bond donors (Lipinski definition) is 0. The molecule has 3 nitrogen and oxygen atoms in total. The molecule has 0 atom stereocenters. The zero-order valence-corrected chi connectivity index (χ0v) is 21.5. The molecule has 0 saturated carbocycles. The van der Waals surface area contributed by atoms with E-state index in [4.69, 9.17) is 4.42 Å². The van der Waals surface area contributed by atoms with Gasteiger partial charge in [-0.05, 0) is 58.9 Å². The lowest BCUT2D eigenvalue weighted by atomic mass is 9.34. The Hall–Kier alpha value is -5.22. The second-order valence-electron chi connectivity index (χ2n) is 10.9. The number of hydrogen-bond acceptors (Lipinski definition) is 2. The van der Waals surface area contributed by atoms with Gasteiger partial charge in [-0.1, -0.05) is 84.9 Å². The standard InChI is InChI=1S/C36H21BN2O/c1-2-10-22(11-3-1)38-29-16-6-5-14-27(29)37-28-15-8-13-24-25-20-21-26-23-12-4-7-19-32(23)40-36(26)35(25)39(34(24)28)31-18-9-17-30(38)33(31)37/h1-21H. The molecular weight excluding hydrogens is 487 g/mol. The van der Waals surface area contributed by atoms with Crippen molar-refractivity contribution in [1.82, 2.24) is 4.57 Å². The number of para-hydroxylation sites is 4. The molecule has 2 aromatic heterocycles. The van der Waals surface area contributed by atoms with Crippen LogP contribution in [0.3, 0.4) is 0 Å². The van der Waals surface area contributed by atoms with Crippen LogP contribution in [-0.2, 0) is 0 Å². The lowest BCUT2D eigenvalue weighted by molar-refractivity contribution is 0.671. The van der Waals surface area contributed by atoms with Crippen LogP contribution in [0.25, 0.3) is 49.4 Å². The number of fused-ring (bicyclic) bond motifs is 11. The predicted molar refractivity (Wildman–Crippen MR) is 167 cm³/mol. The van der Waals surface area contributed by atoms with Gasteiger partial charge in [0.25, 0.3) is 6.71 Å². The van der Waals surface area contributed by atoms with Gasteiger partial charge in [0, 0.05) is 49.8 Å². The number of benzene rings is 6. The van der Waals surface area contributed by atoms with Crippen molar-refractivity contribution in [3.8, 4) is 5.69 Å². The van der Waals surface area contributed by atoms with E-state index >= 15 is 0 Å². The summed E-state index contributed by atoms with van der Waals surface area (Å²) in [5.41, 5.74) is 13.2. The molecule has 10 rings (SSSR count). The van der Waals surface area contributed by atoms with Crippen LogP contribution in [0.1, 0.15) is 0 Å². The molecule has 8 aromatic rings. The quantitative estimate of drug-likeness (QED) is 0.217. The minimum Gasteiger partial charge on any atom is -0.454 e. The van der Waals surface area contributed by atoms with E-state index in [-0.39, 0.29) is 6.71 Å². The molecule has 40 heavy (non-hydrogen) atoms. The van der Waals surface area contributed by atoms with Gasteiger partial charge in [-0.2, -0.15) is 0 Å². The third kappa shape index (κ3) is 2.39. The molecule has 4 heterocycles. The third-order valence-electron chi connectivity index (χ3n) is 8.97. The summed E-state index contributed by atoms with van der Waals surface area (Å²) in [6.45, 7) is 0.147. The second kappa shape index (κ2) is 7.25. The van der Waals surface area contributed by atoms with Crippen molar-refractivity contribution in [3.63, 3.8) is 0 Å². The van der Waals surface area contributed by atoms with E-state index in [1.54, 1.807) is 0 Å². The minimum absolute atomic E-state index is 0.147. The Labute approximate surface area is 230 Å². The summed E-state index contributed by atoms with van der Waals surface area (Å²) in [6.07, 6.45) is 0. The molecule has 6 aromatic carbocycles. The lowest BCUT2D eigenvalue weighted by Gasteiger charge is -2.40. The van der Waals surface area contributed by atoms with Gasteiger partial charge >= 0.3 is 0 Å². The highest BCUT2D eigenvalue weighted by Crippen LogP contribution is 2.43. The van der Waals surface area contributed by atoms with Crippen molar-refractivity contribution in [2.45, 2.75) is 0 Å². The summed E-state index contributed by atoms with van der Waals surface area (Å²) in [6, 6.07) is 46.1. The van der Waals surface area contributed by atoms with Crippen molar-refractivity contribution in [2.24, 2.45) is 0 Å². The topological polar surface area (TPSA) is 21.3 Å². The first kappa shape index (κ1) is 20.7. The van der Waals surface area contributed by atoms with Gasteiger partial charge < -0.3 is 13.9 Å². The molecule has 0 aliphatic carbocycles. The second-order valence-corrected chi connectivity index (χ2v) is 10.9. The van der Waals surface area contributed by atoms with Crippen LogP contribution < -0.4 is 21.3 Å². The highest BCUT2D eigenvalue weighted by atomic mass is 16.3. The molecular formula is C36H21BN2O. The first-order chi connectivity index (χ1) is 19.9. The van der Waals surface area contributed by atoms with Crippen molar-refractivity contribution >= 4 is 83.9 Å². The van der Waals surface area contributed by atoms with Crippen molar-refractivity contribution < 1.29 is 4.42 Å². The molecule has 0 N–H and O–H groups in total. The Morgan fingerprint density at radius 3 is 2.10 bits per heavy atom. The van der Waals surface area contributed by atoms with Gasteiger partial charge in [0.05, 0.1) is 5.52 Å². The Kier molecular flexibility index (Phi) is 3.75. The van der Waals surface area contributed by atoms with Crippen LogP contribution in [0, 0.1) is 0 Å². The summed E-state index contributed by atoms with van der Waals surface area (Å²) in [4.78, 5) is 2.43. The smallest absolute Gasteiger partial charge is 0.252 e. The SMILES string of the molecule is c1ccc(N2c3ccccc3B3c4c2cccc4-n2c4c3cccc4c3ccc4c5ccccc5oc4c32)cc1. The minimum atomic E-state index is 0.147. The average Bonchev–Trinajstić information content (AvgIpc) is 3.56. The summed E-state index contributed by atoms with van der Waals surface area (Å²) in [7, 11) is 0. The fraction of sp³-hybridized carbons (Fsp3) is 0. The Balaban J connectivity index is 1.42. The molecule has 2 aliphatic rings. The van der Waals surface area contributed by atoms with E-state index in [0.717, 1.165) is 27.5 Å². The van der Waals surface area contributed by atoms with Crippen LogP contribution in [0.15, 0.2) is 132 Å². The molecule has 0 spiro atoms. The summed E-state index contributed by atoms with van der Waals surface area (Å²) < 4.78 is 9.11. The van der Waals surface area contributed by atoms with Gasteiger partial charge in [-0.25, -0.2) is 0 Å². The summed E-state index contributed by atoms with van der Waals surface area (Å²) in [5, 5.41) is 4.82. The lowest BCUT2D eigenvalue weighted by Crippen LogP contribution is -2.60. The molecule has 0 amide bonds. The van der Waals surface area contributed by atoms with Gasteiger partial charge in [0.2, 0.25) is 0 Å². The van der Waals surface area contributed by atoms with E-state index in [1.807, 2.05) is 6.07 Å². The normalized spacial score (nSPS) is 13.4.